The summed E-state index contributed by atoms with van der Waals surface area (Å²) < 4.78 is 44.9. The van der Waals surface area contributed by atoms with Crippen molar-refractivity contribution in [2.75, 3.05) is 13.2 Å². The minimum atomic E-state index is -4.39. The normalized spacial score (nSPS) is 17.4. The summed E-state index contributed by atoms with van der Waals surface area (Å²) in [4.78, 5) is 11.4. The number of carbonyl (C=O) groups is 1. The lowest BCUT2D eigenvalue weighted by Gasteiger charge is -2.26. The van der Waals surface area contributed by atoms with Crippen LogP contribution in [-0.4, -0.2) is 37.0 Å². The third-order valence-electron chi connectivity index (χ3n) is 1.98. The van der Waals surface area contributed by atoms with Crippen LogP contribution in [0, 0.1) is 0 Å². The van der Waals surface area contributed by atoms with E-state index in [-0.39, 0.29) is 13.0 Å². The van der Waals surface area contributed by atoms with Crippen LogP contribution >= 0.6 is 0 Å². The Labute approximate surface area is 98.2 Å². The van der Waals surface area contributed by atoms with E-state index in [0.717, 1.165) is 0 Å². The minimum absolute atomic E-state index is 0.0398. The molecule has 2 N–H and O–H groups in total. The quantitative estimate of drug-likeness (QED) is 0.734. The Kier molecular flexibility index (Phi) is 5.91. The summed E-state index contributed by atoms with van der Waals surface area (Å²) in [5, 5.41) is 0. The lowest BCUT2D eigenvalue weighted by molar-refractivity contribution is -0.186. The van der Waals surface area contributed by atoms with Crippen molar-refractivity contribution < 1.29 is 27.4 Å². The number of hydrogen-bond donors (Lipinski definition) is 1. The molecular weight excluding hydrogens is 239 g/mol. The Morgan fingerprint density at radius 2 is 1.94 bits per heavy atom. The molecule has 7 heteroatoms. The number of halogens is 3. The molecule has 0 aromatic rings. The Hall–Kier alpha value is -0.820. The first-order chi connectivity index (χ1) is 7.58. The lowest BCUT2D eigenvalue weighted by Crippen LogP contribution is -2.48. The molecular formula is C10H18F3NO3. The fourth-order valence-electron chi connectivity index (χ4n) is 1.27. The molecule has 102 valence electrons. The standard InChI is InChI=1S/C10H18F3NO3/c1-4-16-8(15)9(3,14)5-7(2)17-6-10(11,12)13/h7H,4-6,14H2,1-3H3. The fourth-order valence-corrected chi connectivity index (χ4v) is 1.27. The van der Waals surface area contributed by atoms with E-state index in [4.69, 9.17) is 10.5 Å². The number of hydrogen-bond acceptors (Lipinski definition) is 4. The van der Waals surface area contributed by atoms with Crippen molar-refractivity contribution in [2.24, 2.45) is 5.73 Å². The number of alkyl halides is 3. The van der Waals surface area contributed by atoms with Gasteiger partial charge < -0.3 is 15.2 Å². The zero-order valence-corrected chi connectivity index (χ0v) is 10.1. The molecule has 0 saturated heterocycles. The maximum Gasteiger partial charge on any atom is 0.411 e. The van der Waals surface area contributed by atoms with Gasteiger partial charge in [0.1, 0.15) is 12.1 Å². The molecule has 4 nitrogen and oxygen atoms in total. The molecule has 0 aliphatic rings. The van der Waals surface area contributed by atoms with Gasteiger partial charge in [-0.3, -0.25) is 4.79 Å². The van der Waals surface area contributed by atoms with Crippen LogP contribution in [0.1, 0.15) is 27.2 Å². The molecule has 0 aliphatic heterocycles. The molecule has 0 saturated carbocycles. The van der Waals surface area contributed by atoms with Crippen molar-refractivity contribution in [3.8, 4) is 0 Å². The first kappa shape index (κ1) is 16.2. The van der Waals surface area contributed by atoms with Crippen LogP contribution in [0.15, 0.2) is 0 Å². The SMILES string of the molecule is CCOC(=O)C(C)(N)CC(C)OCC(F)(F)F. The molecule has 0 amide bonds. The van der Waals surface area contributed by atoms with Crippen LogP contribution in [0.3, 0.4) is 0 Å². The van der Waals surface area contributed by atoms with Gasteiger partial charge in [0.15, 0.2) is 0 Å². The van der Waals surface area contributed by atoms with Gasteiger partial charge in [0.25, 0.3) is 0 Å². The second kappa shape index (κ2) is 6.20. The number of rotatable bonds is 6. The lowest BCUT2D eigenvalue weighted by atomic mass is 9.96. The van der Waals surface area contributed by atoms with Crippen LogP contribution < -0.4 is 5.73 Å². The van der Waals surface area contributed by atoms with E-state index >= 15 is 0 Å². The maximum atomic E-state index is 11.9. The van der Waals surface area contributed by atoms with E-state index in [0.29, 0.717) is 0 Å². The van der Waals surface area contributed by atoms with Gasteiger partial charge in [0.2, 0.25) is 0 Å². The zero-order chi connectivity index (χ0) is 13.7. The fraction of sp³-hybridized carbons (Fsp3) is 0.900. The summed E-state index contributed by atoms with van der Waals surface area (Å²) in [6.07, 6.45) is -5.21. The van der Waals surface area contributed by atoms with Crippen molar-refractivity contribution >= 4 is 5.97 Å². The first-order valence-electron chi connectivity index (χ1n) is 5.23. The van der Waals surface area contributed by atoms with Gasteiger partial charge in [-0.05, 0) is 20.8 Å². The van der Waals surface area contributed by atoms with Crippen LogP contribution in [-0.2, 0) is 14.3 Å². The summed E-state index contributed by atoms with van der Waals surface area (Å²) in [5.74, 6) is -0.651. The predicted molar refractivity (Wildman–Crippen MR) is 55.3 cm³/mol. The monoisotopic (exact) mass is 257 g/mol. The number of ether oxygens (including phenoxy) is 2. The Morgan fingerprint density at radius 3 is 2.35 bits per heavy atom. The van der Waals surface area contributed by atoms with Gasteiger partial charge in [-0.2, -0.15) is 13.2 Å². The summed E-state index contributed by atoms with van der Waals surface area (Å²) >= 11 is 0. The Balaban J connectivity index is 4.18. The summed E-state index contributed by atoms with van der Waals surface area (Å²) in [6, 6.07) is 0. The van der Waals surface area contributed by atoms with E-state index < -0.39 is 30.4 Å². The van der Waals surface area contributed by atoms with Gasteiger partial charge >= 0.3 is 12.1 Å². The highest BCUT2D eigenvalue weighted by Gasteiger charge is 2.34. The third kappa shape index (κ3) is 7.17. The number of nitrogens with two attached hydrogens (primary N) is 1. The number of carbonyl (C=O) groups excluding carboxylic acids is 1. The summed E-state index contributed by atoms with van der Waals surface area (Å²) in [7, 11) is 0. The Morgan fingerprint density at radius 1 is 1.41 bits per heavy atom. The highest BCUT2D eigenvalue weighted by Crippen LogP contribution is 2.19. The largest absolute Gasteiger partial charge is 0.465 e. The molecule has 0 aromatic carbocycles. The average Bonchev–Trinajstić information content (AvgIpc) is 2.13. The average molecular weight is 257 g/mol. The van der Waals surface area contributed by atoms with Crippen molar-refractivity contribution in [1.82, 2.24) is 0 Å². The molecule has 17 heavy (non-hydrogen) atoms. The van der Waals surface area contributed by atoms with Gasteiger partial charge in [0, 0.05) is 6.42 Å². The van der Waals surface area contributed by atoms with Gasteiger partial charge in [-0.1, -0.05) is 0 Å². The summed E-state index contributed by atoms with van der Waals surface area (Å²) in [5.41, 5.74) is 4.30. The molecule has 0 spiro atoms. The molecule has 0 aliphatic carbocycles. The molecule has 0 fully saturated rings. The minimum Gasteiger partial charge on any atom is -0.465 e. The smallest absolute Gasteiger partial charge is 0.411 e. The molecule has 0 rings (SSSR count). The Bertz CT molecular complexity index is 254. The first-order valence-corrected chi connectivity index (χ1v) is 5.23. The summed E-state index contributed by atoms with van der Waals surface area (Å²) in [6.45, 7) is 3.27. The van der Waals surface area contributed by atoms with Gasteiger partial charge in [-0.15, -0.1) is 0 Å². The van der Waals surface area contributed by atoms with Gasteiger partial charge in [-0.25, -0.2) is 0 Å². The maximum absolute atomic E-state index is 11.9. The zero-order valence-electron chi connectivity index (χ0n) is 10.1. The van der Waals surface area contributed by atoms with E-state index in [1.54, 1.807) is 6.92 Å². The van der Waals surface area contributed by atoms with Gasteiger partial charge in [0.05, 0.1) is 12.7 Å². The van der Waals surface area contributed by atoms with E-state index in [2.05, 4.69) is 4.74 Å². The van der Waals surface area contributed by atoms with Crippen LogP contribution in [0.5, 0.6) is 0 Å². The molecule has 2 atom stereocenters. The third-order valence-corrected chi connectivity index (χ3v) is 1.98. The molecule has 0 radical (unpaired) electrons. The predicted octanol–water partition coefficient (Wildman–Crippen LogP) is 1.62. The second-order valence-corrected chi connectivity index (χ2v) is 4.08. The van der Waals surface area contributed by atoms with E-state index in [9.17, 15) is 18.0 Å². The molecule has 0 bridgehead atoms. The topological polar surface area (TPSA) is 61.5 Å². The highest BCUT2D eigenvalue weighted by atomic mass is 19.4. The van der Waals surface area contributed by atoms with Crippen LogP contribution in [0.25, 0.3) is 0 Å². The molecule has 0 aromatic heterocycles. The van der Waals surface area contributed by atoms with E-state index in [1.165, 1.54) is 13.8 Å². The van der Waals surface area contributed by atoms with Crippen molar-refractivity contribution in [3.05, 3.63) is 0 Å². The second-order valence-electron chi connectivity index (χ2n) is 4.08. The van der Waals surface area contributed by atoms with Crippen molar-refractivity contribution in [3.63, 3.8) is 0 Å². The molecule has 2 unspecified atom stereocenters. The number of esters is 1. The van der Waals surface area contributed by atoms with Crippen molar-refractivity contribution in [1.29, 1.82) is 0 Å². The van der Waals surface area contributed by atoms with E-state index in [1.807, 2.05) is 0 Å². The highest BCUT2D eigenvalue weighted by molar-refractivity contribution is 5.80. The van der Waals surface area contributed by atoms with Crippen LogP contribution in [0.4, 0.5) is 13.2 Å². The molecule has 0 heterocycles. The van der Waals surface area contributed by atoms with Crippen LogP contribution in [0.2, 0.25) is 0 Å². The van der Waals surface area contributed by atoms with Crippen molar-refractivity contribution in [2.45, 2.75) is 45.0 Å².